The molecule has 0 saturated carbocycles. The Morgan fingerprint density at radius 3 is 2.79 bits per heavy atom. The number of halogens is 1. The molecular formula is C22H27BrN2O3. The van der Waals surface area contributed by atoms with Gasteiger partial charge in [0.25, 0.3) is 5.91 Å². The topological polar surface area (TPSA) is 50.8 Å². The van der Waals surface area contributed by atoms with E-state index in [1.807, 2.05) is 42.5 Å². The molecule has 0 bridgehead atoms. The fourth-order valence-corrected chi connectivity index (χ4v) is 3.75. The summed E-state index contributed by atoms with van der Waals surface area (Å²) < 4.78 is 12.1. The minimum atomic E-state index is -0.100. The van der Waals surface area contributed by atoms with Crippen molar-refractivity contribution in [3.63, 3.8) is 0 Å². The van der Waals surface area contributed by atoms with Crippen molar-refractivity contribution >= 4 is 21.8 Å². The van der Waals surface area contributed by atoms with E-state index >= 15 is 0 Å². The molecule has 1 amide bonds. The molecule has 3 rings (SSSR count). The summed E-state index contributed by atoms with van der Waals surface area (Å²) >= 11 is 3.41. The number of likely N-dealkylation sites (N-methyl/N-ethyl adjacent to an activating group) is 1. The van der Waals surface area contributed by atoms with E-state index in [4.69, 9.17) is 9.47 Å². The number of hydrogen-bond donors (Lipinski definition) is 1. The van der Waals surface area contributed by atoms with Crippen LogP contribution in [0.1, 0.15) is 28.8 Å². The summed E-state index contributed by atoms with van der Waals surface area (Å²) in [6.07, 6.45) is 2.17. The molecule has 5 nitrogen and oxygen atoms in total. The van der Waals surface area contributed by atoms with Gasteiger partial charge in [-0.2, -0.15) is 0 Å². The zero-order valence-electron chi connectivity index (χ0n) is 16.2. The minimum absolute atomic E-state index is 0.100. The van der Waals surface area contributed by atoms with E-state index in [2.05, 4.69) is 33.2 Å². The Bertz CT molecular complexity index is 778. The smallest absolute Gasteiger partial charge is 0.252 e. The highest BCUT2D eigenvalue weighted by Gasteiger charge is 2.18. The second-order valence-corrected chi connectivity index (χ2v) is 7.84. The van der Waals surface area contributed by atoms with Crippen LogP contribution in [0, 0.1) is 0 Å². The van der Waals surface area contributed by atoms with Gasteiger partial charge in [0.15, 0.2) is 0 Å². The van der Waals surface area contributed by atoms with Crippen LogP contribution in [0.4, 0.5) is 0 Å². The molecule has 0 aromatic heterocycles. The lowest BCUT2D eigenvalue weighted by molar-refractivity contribution is 0.0392. The monoisotopic (exact) mass is 446 g/mol. The molecule has 6 heteroatoms. The zero-order valence-corrected chi connectivity index (χ0v) is 17.8. The van der Waals surface area contributed by atoms with Gasteiger partial charge in [-0.1, -0.05) is 24.3 Å². The highest BCUT2D eigenvalue weighted by atomic mass is 79.9. The van der Waals surface area contributed by atoms with Crippen LogP contribution in [0.3, 0.4) is 0 Å². The van der Waals surface area contributed by atoms with Crippen molar-refractivity contribution in [2.24, 2.45) is 0 Å². The number of nitrogens with one attached hydrogen (secondary N) is 1. The van der Waals surface area contributed by atoms with Crippen molar-refractivity contribution < 1.29 is 14.3 Å². The van der Waals surface area contributed by atoms with Crippen LogP contribution >= 0.6 is 15.9 Å². The summed E-state index contributed by atoms with van der Waals surface area (Å²) in [6, 6.07) is 15.9. The molecule has 2 aromatic rings. The predicted octanol–water partition coefficient (Wildman–Crippen LogP) is 3.87. The summed E-state index contributed by atoms with van der Waals surface area (Å²) in [7, 11) is 2.15. The molecule has 1 aliphatic heterocycles. The molecular weight excluding hydrogens is 420 g/mol. The van der Waals surface area contributed by atoms with E-state index in [1.165, 1.54) is 0 Å². The van der Waals surface area contributed by atoms with Crippen molar-refractivity contribution in [1.29, 1.82) is 0 Å². The Morgan fingerprint density at radius 2 is 2.00 bits per heavy atom. The van der Waals surface area contributed by atoms with E-state index in [9.17, 15) is 4.79 Å². The summed E-state index contributed by atoms with van der Waals surface area (Å²) in [6.45, 7) is 3.68. The summed E-state index contributed by atoms with van der Waals surface area (Å²) in [4.78, 5) is 14.7. The lowest BCUT2D eigenvalue weighted by Crippen LogP contribution is -2.38. The normalized spacial score (nSPS) is 14.8. The molecule has 1 heterocycles. The van der Waals surface area contributed by atoms with Crippen molar-refractivity contribution in [3.8, 4) is 5.75 Å². The second kappa shape index (κ2) is 10.6. The average Bonchev–Trinajstić information content (AvgIpc) is 2.73. The maximum atomic E-state index is 12.3. The largest absolute Gasteiger partial charge is 0.492 e. The van der Waals surface area contributed by atoms with E-state index < -0.39 is 0 Å². The molecule has 0 radical (unpaired) electrons. The number of hydrogen-bond acceptors (Lipinski definition) is 4. The Hall–Kier alpha value is -1.89. The lowest BCUT2D eigenvalue weighted by Gasteiger charge is -2.31. The first-order valence-electron chi connectivity index (χ1n) is 9.66. The molecule has 0 atom stereocenters. The Morgan fingerprint density at radius 1 is 1.21 bits per heavy atom. The minimum Gasteiger partial charge on any atom is -0.492 e. The van der Waals surface area contributed by atoms with Crippen LogP contribution in [-0.2, 0) is 11.3 Å². The maximum Gasteiger partial charge on any atom is 0.252 e. The molecule has 28 heavy (non-hydrogen) atoms. The number of carbonyl (C=O) groups excluding carboxylic acids is 1. The van der Waals surface area contributed by atoms with Gasteiger partial charge in [-0.25, -0.2) is 0 Å². The van der Waals surface area contributed by atoms with E-state index in [0.29, 0.717) is 24.8 Å². The third kappa shape index (κ3) is 6.06. The lowest BCUT2D eigenvalue weighted by atomic mass is 10.1. The highest BCUT2D eigenvalue weighted by molar-refractivity contribution is 9.10. The Balaban J connectivity index is 1.46. The first-order valence-corrected chi connectivity index (χ1v) is 10.5. The van der Waals surface area contributed by atoms with Gasteiger partial charge >= 0.3 is 0 Å². The average molecular weight is 447 g/mol. The van der Waals surface area contributed by atoms with E-state index in [0.717, 1.165) is 48.4 Å². The highest BCUT2D eigenvalue weighted by Crippen LogP contribution is 2.17. The van der Waals surface area contributed by atoms with E-state index in [1.54, 1.807) is 6.07 Å². The van der Waals surface area contributed by atoms with Crippen molar-refractivity contribution in [2.45, 2.75) is 25.4 Å². The summed E-state index contributed by atoms with van der Waals surface area (Å²) in [5, 5.41) is 2.96. The molecule has 1 N–H and O–H groups in total. The molecule has 1 saturated heterocycles. The van der Waals surface area contributed by atoms with Crippen LogP contribution in [0.5, 0.6) is 5.75 Å². The fraction of sp³-hybridized carbons (Fsp3) is 0.409. The fourth-order valence-electron chi connectivity index (χ4n) is 3.28. The van der Waals surface area contributed by atoms with Crippen LogP contribution in [-0.4, -0.2) is 50.3 Å². The van der Waals surface area contributed by atoms with Crippen molar-refractivity contribution in [1.82, 2.24) is 10.2 Å². The van der Waals surface area contributed by atoms with Gasteiger partial charge in [0.05, 0.1) is 5.56 Å². The van der Waals surface area contributed by atoms with Gasteiger partial charge in [-0.05, 0) is 65.6 Å². The standard InChI is InChI=1S/C22H27BrN2O3/c1-25(18-9-12-27-13-10-18)11-14-28-19-6-4-5-17(15-19)16-24-22(26)20-7-2-3-8-21(20)23/h2-8,15,18H,9-14,16H2,1H3,(H,24,26). The third-order valence-electron chi connectivity index (χ3n) is 5.00. The molecule has 150 valence electrons. The third-order valence-corrected chi connectivity index (χ3v) is 5.69. The van der Waals surface area contributed by atoms with Gasteiger partial charge in [-0.15, -0.1) is 0 Å². The van der Waals surface area contributed by atoms with Crippen molar-refractivity contribution in [2.75, 3.05) is 33.4 Å². The number of rotatable bonds is 8. The van der Waals surface area contributed by atoms with Gasteiger partial charge in [-0.3, -0.25) is 9.69 Å². The van der Waals surface area contributed by atoms with E-state index in [-0.39, 0.29) is 5.91 Å². The molecule has 1 aliphatic rings. The maximum absolute atomic E-state index is 12.3. The second-order valence-electron chi connectivity index (χ2n) is 6.98. The zero-order chi connectivity index (χ0) is 19.8. The van der Waals surface area contributed by atoms with Crippen LogP contribution in [0.25, 0.3) is 0 Å². The predicted molar refractivity (Wildman–Crippen MR) is 114 cm³/mol. The van der Waals surface area contributed by atoms with Crippen LogP contribution in [0.15, 0.2) is 53.0 Å². The van der Waals surface area contributed by atoms with Gasteiger partial charge in [0.2, 0.25) is 0 Å². The number of amides is 1. The number of benzene rings is 2. The van der Waals surface area contributed by atoms with Gasteiger partial charge in [0, 0.05) is 36.8 Å². The van der Waals surface area contributed by atoms with Gasteiger partial charge < -0.3 is 14.8 Å². The first-order chi connectivity index (χ1) is 13.6. The summed E-state index contributed by atoms with van der Waals surface area (Å²) in [5.41, 5.74) is 1.64. The SMILES string of the molecule is CN(CCOc1cccc(CNC(=O)c2ccccc2Br)c1)C1CCOCC1. The quantitative estimate of drug-likeness (QED) is 0.668. The van der Waals surface area contributed by atoms with Crippen LogP contribution < -0.4 is 10.1 Å². The summed E-state index contributed by atoms with van der Waals surface area (Å²) in [5.74, 6) is 0.727. The Labute approximate surface area is 175 Å². The van der Waals surface area contributed by atoms with Crippen LogP contribution in [0.2, 0.25) is 0 Å². The van der Waals surface area contributed by atoms with Gasteiger partial charge in [0.1, 0.15) is 12.4 Å². The van der Waals surface area contributed by atoms with Crippen molar-refractivity contribution in [3.05, 3.63) is 64.1 Å². The molecule has 2 aromatic carbocycles. The number of carbonyl (C=O) groups is 1. The Kier molecular flexibility index (Phi) is 7.89. The molecule has 1 fully saturated rings. The number of nitrogens with zero attached hydrogens (tertiary/aromatic N) is 1. The molecule has 0 unspecified atom stereocenters. The molecule has 0 spiro atoms. The first kappa shape index (κ1) is 20.8. The molecule has 0 aliphatic carbocycles. The number of ether oxygens (including phenoxy) is 2.